The normalized spacial score (nSPS) is 20.7. The van der Waals surface area contributed by atoms with Crippen LogP contribution in [0.25, 0.3) is 0 Å². The summed E-state index contributed by atoms with van der Waals surface area (Å²) in [7, 11) is 4.87. The van der Waals surface area contributed by atoms with E-state index in [1.807, 2.05) is 21.7 Å². The monoisotopic (exact) mass is 366 g/mol. The molecule has 0 aliphatic carbocycles. The third kappa shape index (κ3) is 4.06. The number of carbonyl (C=O) groups is 1. The van der Waals surface area contributed by atoms with E-state index < -0.39 is 0 Å². The molecule has 10 nitrogen and oxygen atoms in total. The summed E-state index contributed by atoms with van der Waals surface area (Å²) >= 11 is 0. The summed E-state index contributed by atoms with van der Waals surface area (Å²) in [4.78, 5) is 31.1. The highest BCUT2D eigenvalue weighted by Crippen LogP contribution is 2.22. The Morgan fingerprint density at radius 2 is 1.77 bits per heavy atom. The molecule has 10 heteroatoms. The number of urea groups is 1. The summed E-state index contributed by atoms with van der Waals surface area (Å²) in [5.74, 6) is 0.505. The molecule has 1 unspecified atom stereocenters. The van der Waals surface area contributed by atoms with Gasteiger partial charge in [-0.25, -0.2) is 4.79 Å². The van der Waals surface area contributed by atoms with Crippen molar-refractivity contribution in [3.05, 3.63) is 0 Å². The van der Waals surface area contributed by atoms with Gasteiger partial charge in [0.15, 0.2) is 0 Å². The first-order valence-electron chi connectivity index (χ1n) is 8.81. The lowest BCUT2D eigenvalue weighted by Crippen LogP contribution is -2.54. The molecule has 1 aromatic heterocycles. The number of likely N-dealkylation sites (N-methyl/N-ethyl adjacent to an activating group) is 1. The van der Waals surface area contributed by atoms with E-state index in [1.165, 1.54) is 14.2 Å². The number of anilines is 1. The minimum absolute atomic E-state index is 0.0472. The molecule has 2 aliphatic rings. The van der Waals surface area contributed by atoms with Gasteiger partial charge in [-0.15, -0.1) is 4.98 Å². The molecule has 2 aliphatic heterocycles. The molecule has 1 aromatic rings. The Balaban J connectivity index is 1.69. The summed E-state index contributed by atoms with van der Waals surface area (Å²) < 4.78 is 15.6. The van der Waals surface area contributed by atoms with Crippen LogP contribution in [0.2, 0.25) is 0 Å². The lowest BCUT2D eigenvalue weighted by Gasteiger charge is -2.40. The number of hydrogen-bond acceptors (Lipinski definition) is 8. The average molecular weight is 366 g/mol. The number of ether oxygens (including phenoxy) is 3. The second kappa shape index (κ2) is 8.35. The second-order valence-corrected chi connectivity index (χ2v) is 6.34. The Kier molecular flexibility index (Phi) is 5.92. The average Bonchev–Trinajstić information content (AvgIpc) is 2.72. The molecule has 0 N–H and O–H groups in total. The van der Waals surface area contributed by atoms with E-state index >= 15 is 0 Å². The first kappa shape index (κ1) is 18.4. The highest BCUT2D eigenvalue weighted by atomic mass is 16.5. The van der Waals surface area contributed by atoms with E-state index in [-0.39, 0.29) is 24.1 Å². The molecule has 0 saturated carbocycles. The number of nitrogens with zero attached hydrogens (tertiary/aromatic N) is 6. The summed E-state index contributed by atoms with van der Waals surface area (Å²) in [5.41, 5.74) is 0. The van der Waals surface area contributed by atoms with Gasteiger partial charge < -0.3 is 28.9 Å². The fraction of sp³-hybridized carbons (Fsp3) is 0.750. The highest BCUT2D eigenvalue weighted by molar-refractivity contribution is 5.74. The van der Waals surface area contributed by atoms with Crippen molar-refractivity contribution in [1.82, 2.24) is 24.8 Å². The maximum absolute atomic E-state index is 12.7. The molecule has 144 valence electrons. The molecule has 2 fully saturated rings. The van der Waals surface area contributed by atoms with Gasteiger partial charge in [0.2, 0.25) is 5.95 Å². The van der Waals surface area contributed by atoms with Gasteiger partial charge in [0, 0.05) is 33.2 Å². The van der Waals surface area contributed by atoms with Crippen molar-refractivity contribution in [2.75, 3.05) is 65.6 Å². The fourth-order valence-electron chi connectivity index (χ4n) is 3.24. The third-order valence-corrected chi connectivity index (χ3v) is 4.76. The van der Waals surface area contributed by atoms with E-state index in [9.17, 15) is 4.79 Å². The Morgan fingerprint density at radius 3 is 2.38 bits per heavy atom. The van der Waals surface area contributed by atoms with Crippen molar-refractivity contribution in [2.24, 2.45) is 0 Å². The topological polar surface area (TPSA) is 93.2 Å². The van der Waals surface area contributed by atoms with Crippen LogP contribution >= 0.6 is 0 Å². The van der Waals surface area contributed by atoms with Crippen LogP contribution in [0.1, 0.15) is 12.8 Å². The zero-order valence-electron chi connectivity index (χ0n) is 15.6. The van der Waals surface area contributed by atoms with Crippen LogP contribution in [0, 0.1) is 0 Å². The lowest BCUT2D eigenvalue weighted by molar-refractivity contribution is 0.0413. The number of hydrogen-bond donors (Lipinski definition) is 0. The molecule has 3 heterocycles. The third-order valence-electron chi connectivity index (χ3n) is 4.76. The van der Waals surface area contributed by atoms with Crippen LogP contribution in [-0.4, -0.2) is 97.5 Å². The van der Waals surface area contributed by atoms with Gasteiger partial charge in [0.05, 0.1) is 33.5 Å². The first-order chi connectivity index (χ1) is 12.6. The quantitative estimate of drug-likeness (QED) is 0.748. The SMILES string of the molecule is COc1nc(OC)nc(N2CCCC(N(C)C(=O)N3CCOCC3)C2)n1. The molecule has 2 saturated heterocycles. The molecular formula is C16H26N6O4. The summed E-state index contributed by atoms with van der Waals surface area (Å²) in [5, 5.41) is 0. The van der Waals surface area contributed by atoms with Crippen LogP contribution in [0.3, 0.4) is 0 Å². The van der Waals surface area contributed by atoms with Gasteiger partial charge in [-0.1, -0.05) is 0 Å². The van der Waals surface area contributed by atoms with Crippen LogP contribution in [-0.2, 0) is 4.74 Å². The van der Waals surface area contributed by atoms with Crippen LogP contribution in [0.15, 0.2) is 0 Å². The van der Waals surface area contributed by atoms with Crippen LogP contribution in [0.5, 0.6) is 12.0 Å². The first-order valence-corrected chi connectivity index (χ1v) is 8.81. The fourth-order valence-corrected chi connectivity index (χ4v) is 3.24. The summed E-state index contributed by atoms with van der Waals surface area (Å²) in [6, 6.07) is 0.567. The van der Waals surface area contributed by atoms with E-state index in [1.54, 1.807) is 0 Å². The number of amides is 2. The number of rotatable bonds is 4. The summed E-state index contributed by atoms with van der Waals surface area (Å²) in [6.45, 7) is 3.94. The van der Waals surface area contributed by atoms with E-state index in [0.29, 0.717) is 38.8 Å². The Bertz CT molecular complexity index is 603. The Hall–Kier alpha value is -2.36. The van der Waals surface area contributed by atoms with Crippen LogP contribution < -0.4 is 14.4 Å². The molecule has 0 radical (unpaired) electrons. The molecule has 26 heavy (non-hydrogen) atoms. The number of carbonyl (C=O) groups excluding carboxylic acids is 1. The lowest BCUT2D eigenvalue weighted by atomic mass is 10.1. The van der Waals surface area contributed by atoms with Crippen molar-refractivity contribution >= 4 is 12.0 Å². The smallest absolute Gasteiger partial charge is 0.324 e. The van der Waals surface area contributed by atoms with Gasteiger partial charge in [-0.3, -0.25) is 0 Å². The minimum atomic E-state index is 0.0472. The minimum Gasteiger partial charge on any atom is -0.467 e. The van der Waals surface area contributed by atoms with Crippen molar-refractivity contribution in [3.63, 3.8) is 0 Å². The molecule has 0 spiro atoms. The predicted octanol–water partition coefficient (Wildman–Crippen LogP) is 0.242. The zero-order chi connectivity index (χ0) is 18.5. The predicted molar refractivity (Wildman–Crippen MR) is 93.7 cm³/mol. The van der Waals surface area contributed by atoms with Gasteiger partial charge in [-0.05, 0) is 12.8 Å². The molecular weight excluding hydrogens is 340 g/mol. The van der Waals surface area contributed by atoms with Gasteiger partial charge in [0.1, 0.15) is 0 Å². The largest absolute Gasteiger partial charge is 0.467 e. The van der Waals surface area contributed by atoms with Crippen molar-refractivity contribution in [2.45, 2.75) is 18.9 Å². The maximum atomic E-state index is 12.7. The molecule has 3 rings (SSSR count). The van der Waals surface area contributed by atoms with Gasteiger partial charge in [-0.2, -0.15) is 9.97 Å². The number of aromatic nitrogens is 3. The number of piperidine rings is 1. The Labute approximate surface area is 153 Å². The standard InChI is InChI=1S/C16H26N6O4/c1-20(16(23)21-7-9-26-10-8-21)12-5-4-6-22(11-12)13-17-14(24-2)19-15(18-13)25-3/h12H,4-11H2,1-3H3. The van der Waals surface area contributed by atoms with E-state index in [2.05, 4.69) is 15.0 Å². The van der Waals surface area contributed by atoms with Gasteiger partial charge >= 0.3 is 18.1 Å². The second-order valence-electron chi connectivity index (χ2n) is 6.34. The molecule has 0 bridgehead atoms. The Morgan fingerprint density at radius 1 is 1.12 bits per heavy atom. The molecule has 2 amide bonds. The van der Waals surface area contributed by atoms with Gasteiger partial charge in [0.25, 0.3) is 0 Å². The van der Waals surface area contributed by atoms with Crippen molar-refractivity contribution < 1.29 is 19.0 Å². The maximum Gasteiger partial charge on any atom is 0.324 e. The molecule has 1 atom stereocenters. The number of morpholine rings is 1. The highest BCUT2D eigenvalue weighted by Gasteiger charge is 2.30. The van der Waals surface area contributed by atoms with E-state index in [0.717, 1.165) is 19.4 Å². The van der Waals surface area contributed by atoms with E-state index in [4.69, 9.17) is 14.2 Å². The summed E-state index contributed by atoms with van der Waals surface area (Å²) in [6.07, 6.45) is 1.89. The molecule has 0 aromatic carbocycles. The zero-order valence-corrected chi connectivity index (χ0v) is 15.6. The van der Waals surface area contributed by atoms with Crippen molar-refractivity contribution in [1.29, 1.82) is 0 Å². The van der Waals surface area contributed by atoms with Crippen LogP contribution in [0.4, 0.5) is 10.7 Å². The van der Waals surface area contributed by atoms with Crippen molar-refractivity contribution in [3.8, 4) is 12.0 Å². The number of methoxy groups -OCH3 is 2.